The predicted molar refractivity (Wildman–Crippen MR) is 95.1 cm³/mol. The number of nitrogens with one attached hydrogen (secondary N) is 1. The fraction of sp³-hybridized carbons (Fsp3) is 0.389. The van der Waals surface area contributed by atoms with E-state index in [2.05, 4.69) is 44.5 Å². The summed E-state index contributed by atoms with van der Waals surface area (Å²) in [7, 11) is 0. The van der Waals surface area contributed by atoms with Crippen molar-refractivity contribution < 1.29 is 4.79 Å². The van der Waals surface area contributed by atoms with Gasteiger partial charge in [0.2, 0.25) is 6.41 Å². The molecule has 3 rings (SSSR count). The zero-order valence-electron chi connectivity index (χ0n) is 13.8. The van der Waals surface area contributed by atoms with E-state index < -0.39 is 0 Å². The Morgan fingerprint density at radius 2 is 1.88 bits per heavy atom. The third-order valence-electron chi connectivity index (χ3n) is 4.23. The number of carbonyl (C=O) groups is 1. The number of aromatic nitrogens is 2. The van der Waals surface area contributed by atoms with E-state index in [0.717, 1.165) is 63.6 Å². The van der Waals surface area contributed by atoms with E-state index >= 15 is 0 Å². The minimum atomic E-state index is 0.743. The SMILES string of the molecule is O=CN1CCN(c2cc(NCCCc3ccccc3)ncn2)CC1. The van der Waals surface area contributed by atoms with E-state index in [-0.39, 0.29) is 0 Å². The number of rotatable bonds is 7. The molecule has 1 aromatic heterocycles. The molecule has 1 aliphatic heterocycles. The van der Waals surface area contributed by atoms with E-state index in [4.69, 9.17) is 0 Å². The zero-order chi connectivity index (χ0) is 16.6. The summed E-state index contributed by atoms with van der Waals surface area (Å²) in [5.41, 5.74) is 1.36. The summed E-state index contributed by atoms with van der Waals surface area (Å²) in [5, 5.41) is 3.37. The number of benzene rings is 1. The molecule has 1 N–H and O–H groups in total. The van der Waals surface area contributed by atoms with Gasteiger partial charge in [-0.3, -0.25) is 4.79 Å². The Labute approximate surface area is 142 Å². The Morgan fingerprint density at radius 1 is 1.08 bits per heavy atom. The van der Waals surface area contributed by atoms with Crippen molar-refractivity contribution in [2.45, 2.75) is 12.8 Å². The lowest BCUT2D eigenvalue weighted by molar-refractivity contribution is -0.118. The van der Waals surface area contributed by atoms with Crippen LogP contribution in [0.15, 0.2) is 42.7 Å². The van der Waals surface area contributed by atoms with Crippen LogP contribution in [-0.4, -0.2) is 54.0 Å². The largest absolute Gasteiger partial charge is 0.370 e. The third-order valence-corrected chi connectivity index (χ3v) is 4.23. The molecule has 6 heteroatoms. The van der Waals surface area contributed by atoms with Gasteiger partial charge in [-0.2, -0.15) is 0 Å². The quantitative estimate of drug-likeness (QED) is 0.621. The maximum atomic E-state index is 10.8. The van der Waals surface area contributed by atoms with Crippen LogP contribution in [0, 0.1) is 0 Å². The molecule has 1 fully saturated rings. The zero-order valence-corrected chi connectivity index (χ0v) is 13.8. The van der Waals surface area contributed by atoms with Crippen LogP contribution >= 0.6 is 0 Å². The van der Waals surface area contributed by atoms with Gasteiger partial charge >= 0.3 is 0 Å². The second-order valence-corrected chi connectivity index (χ2v) is 5.91. The van der Waals surface area contributed by atoms with Crippen LogP contribution in [0.5, 0.6) is 0 Å². The lowest BCUT2D eigenvalue weighted by atomic mass is 10.1. The molecule has 1 amide bonds. The minimum absolute atomic E-state index is 0.743. The van der Waals surface area contributed by atoms with E-state index in [1.165, 1.54) is 5.56 Å². The van der Waals surface area contributed by atoms with Gasteiger partial charge in [0.05, 0.1) is 0 Å². The van der Waals surface area contributed by atoms with Gasteiger partial charge in [0, 0.05) is 38.8 Å². The summed E-state index contributed by atoms with van der Waals surface area (Å²) >= 11 is 0. The van der Waals surface area contributed by atoms with Gasteiger partial charge in [-0.15, -0.1) is 0 Å². The summed E-state index contributed by atoms with van der Waals surface area (Å²) < 4.78 is 0. The van der Waals surface area contributed by atoms with Crippen LogP contribution in [0.3, 0.4) is 0 Å². The molecular weight excluding hydrogens is 302 g/mol. The summed E-state index contributed by atoms with van der Waals surface area (Å²) in [6.07, 6.45) is 4.62. The Morgan fingerprint density at radius 3 is 2.62 bits per heavy atom. The summed E-state index contributed by atoms with van der Waals surface area (Å²) in [4.78, 5) is 23.4. The summed E-state index contributed by atoms with van der Waals surface area (Å²) in [5.74, 6) is 1.77. The molecule has 2 aromatic rings. The van der Waals surface area contributed by atoms with E-state index in [9.17, 15) is 4.79 Å². The monoisotopic (exact) mass is 325 g/mol. The van der Waals surface area contributed by atoms with Crippen LogP contribution < -0.4 is 10.2 Å². The van der Waals surface area contributed by atoms with Crippen molar-refractivity contribution in [2.75, 3.05) is 42.9 Å². The second-order valence-electron chi connectivity index (χ2n) is 5.91. The van der Waals surface area contributed by atoms with Crippen molar-refractivity contribution >= 4 is 18.0 Å². The third kappa shape index (κ3) is 4.44. The highest BCUT2D eigenvalue weighted by Gasteiger charge is 2.16. The average molecular weight is 325 g/mol. The molecule has 0 spiro atoms. The number of carbonyl (C=O) groups excluding carboxylic acids is 1. The summed E-state index contributed by atoms with van der Waals surface area (Å²) in [6.45, 7) is 3.98. The molecule has 0 bridgehead atoms. The van der Waals surface area contributed by atoms with Crippen LogP contribution in [0.2, 0.25) is 0 Å². The fourth-order valence-electron chi connectivity index (χ4n) is 2.83. The number of nitrogens with zero attached hydrogens (tertiary/aromatic N) is 4. The minimum Gasteiger partial charge on any atom is -0.370 e. The first kappa shape index (κ1) is 16.2. The van der Waals surface area contributed by atoms with Crippen molar-refractivity contribution in [1.82, 2.24) is 14.9 Å². The molecular formula is C18H23N5O. The number of amides is 1. The first-order valence-corrected chi connectivity index (χ1v) is 8.39. The van der Waals surface area contributed by atoms with Crippen LogP contribution in [0.4, 0.5) is 11.6 Å². The van der Waals surface area contributed by atoms with Gasteiger partial charge in [-0.25, -0.2) is 9.97 Å². The maximum absolute atomic E-state index is 10.8. The number of hydrogen-bond donors (Lipinski definition) is 1. The van der Waals surface area contributed by atoms with Gasteiger partial charge in [-0.05, 0) is 18.4 Å². The Bertz CT molecular complexity index is 641. The van der Waals surface area contributed by atoms with Crippen LogP contribution in [0.25, 0.3) is 0 Å². The molecule has 6 nitrogen and oxygen atoms in total. The number of aryl methyl sites for hydroxylation is 1. The molecule has 1 aromatic carbocycles. The van der Waals surface area contributed by atoms with Crippen molar-refractivity contribution in [3.8, 4) is 0 Å². The molecule has 24 heavy (non-hydrogen) atoms. The summed E-state index contributed by atoms with van der Waals surface area (Å²) in [6, 6.07) is 12.5. The van der Waals surface area contributed by atoms with E-state index in [0.29, 0.717) is 0 Å². The Hall–Kier alpha value is -2.63. The number of anilines is 2. The molecule has 2 heterocycles. The smallest absolute Gasteiger partial charge is 0.209 e. The molecule has 1 saturated heterocycles. The van der Waals surface area contributed by atoms with Crippen molar-refractivity contribution in [1.29, 1.82) is 0 Å². The van der Waals surface area contributed by atoms with E-state index in [1.807, 2.05) is 12.1 Å². The first-order valence-electron chi connectivity index (χ1n) is 8.39. The fourth-order valence-corrected chi connectivity index (χ4v) is 2.83. The standard InChI is InChI=1S/C18H23N5O/c24-15-22-9-11-23(12-10-22)18-13-17(20-14-21-18)19-8-4-7-16-5-2-1-3-6-16/h1-3,5-6,13-15H,4,7-12H2,(H,19,20,21). The highest BCUT2D eigenvalue weighted by molar-refractivity contribution is 5.51. The van der Waals surface area contributed by atoms with E-state index in [1.54, 1.807) is 11.2 Å². The molecule has 1 aliphatic rings. The number of piperazine rings is 1. The highest BCUT2D eigenvalue weighted by Crippen LogP contribution is 2.16. The number of hydrogen-bond acceptors (Lipinski definition) is 5. The molecule has 0 radical (unpaired) electrons. The van der Waals surface area contributed by atoms with Gasteiger partial charge in [0.25, 0.3) is 0 Å². The lowest BCUT2D eigenvalue weighted by Crippen LogP contribution is -2.46. The predicted octanol–water partition coefficient (Wildman–Crippen LogP) is 1.80. The Balaban J connectivity index is 1.47. The van der Waals surface area contributed by atoms with Crippen molar-refractivity contribution in [3.63, 3.8) is 0 Å². The van der Waals surface area contributed by atoms with Gasteiger partial charge < -0.3 is 15.1 Å². The maximum Gasteiger partial charge on any atom is 0.209 e. The second kappa shape index (κ2) is 8.29. The normalized spacial score (nSPS) is 14.5. The lowest BCUT2D eigenvalue weighted by Gasteiger charge is -2.33. The molecule has 126 valence electrons. The average Bonchev–Trinajstić information content (AvgIpc) is 2.66. The van der Waals surface area contributed by atoms with Crippen molar-refractivity contribution in [2.24, 2.45) is 0 Å². The van der Waals surface area contributed by atoms with Crippen LogP contribution in [-0.2, 0) is 11.2 Å². The molecule has 0 unspecified atom stereocenters. The molecule has 0 aliphatic carbocycles. The van der Waals surface area contributed by atoms with Gasteiger partial charge in [-0.1, -0.05) is 30.3 Å². The Kier molecular flexibility index (Phi) is 5.61. The van der Waals surface area contributed by atoms with Crippen molar-refractivity contribution in [3.05, 3.63) is 48.3 Å². The first-order chi connectivity index (χ1) is 11.8. The molecule has 0 atom stereocenters. The highest BCUT2D eigenvalue weighted by atomic mass is 16.1. The molecule has 0 saturated carbocycles. The van der Waals surface area contributed by atoms with Crippen LogP contribution in [0.1, 0.15) is 12.0 Å². The van der Waals surface area contributed by atoms with Gasteiger partial charge in [0.15, 0.2) is 0 Å². The topological polar surface area (TPSA) is 61.4 Å². The van der Waals surface area contributed by atoms with Gasteiger partial charge in [0.1, 0.15) is 18.0 Å².